The number of carbonyl (C=O) groups is 1. The number of furan rings is 1. The lowest BCUT2D eigenvalue weighted by Gasteiger charge is -2.28. The molecule has 1 saturated carbocycles. The Balaban J connectivity index is 1.50. The first-order chi connectivity index (χ1) is 15.1. The Labute approximate surface area is 190 Å². The highest BCUT2D eigenvalue weighted by Crippen LogP contribution is 2.47. The van der Waals surface area contributed by atoms with Crippen molar-refractivity contribution in [3.05, 3.63) is 53.0 Å². The lowest BCUT2D eigenvalue weighted by Crippen LogP contribution is -2.43. The van der Waals surface area contributed by atoms with Crippen LogP contribution >= 0.6 is 0 Å². The summed E-state index contributed by atoms with van der Waals surface area (Å²) in [7, 11) is -3.13. The van der Waals surface area contributed by atoms with Gasteiger partial charge in [0.25, 0.3) is 5.91 Å². The minimum Gasteiger partial charge on any atom is -0.483 e. The van der Waals surface area contributed by atoms with Gasteiger partial charge in [0.15, 0.2) is 16.4 Å². The Kier molecular flexibility index (Phi) is 6.39. The fourth-order valence-electron chi connectivity index (χ4n) is 4.47. The summed E-state index contributed by atoms with van der Waals surface area (Å²) in [6.07, 6.45) is 1.57. The summed E-state index contributed by atoms with van der Waals surface area (Å²) in [5.74, 6) is 3.59. The van der Waals surface area contributed by atoms with E-state index < -0.39 is 9.84 Å². The summed E-state index contributed by atoms with van der Waals surface area (Å²) in [6, 6.07) is 9.55. The summed E-state index contributed by atoms with van der Waals surface area (Å²) in [5, 5.41) is 0. The lowest BCUT2D eigenvalue weighted by atomic mass is 10.0. The number of amides is 1. The van der Waals surface area contributed by atoms with Gasteiger partial charge in [-0.05, 0) is 60.9 Å². The normalized spacial score (nSPS) is 24.0. The molecule has 1 aliphatic carbocycles. The molecular weight excluding hydrogens is 426 g/mol. The molecular formula is C25H33NO5S. The summed E-state index contributed by atoms with van der Waals surface area (Å²) in [6.45, 7) is 8.49. The molecule has 2 aromatic rings. The van der Waals surface area contributed by atoms with Crippen molar-refractivity contribution in [1.82, 2.24) is 4.90 Å². The molecule has 7 heteroatoms. The molecule has 1 aliphatic heterocycles. The van der Waals surface area contributed by atoms with E-state index in [0.717, 1.165) is 23.3 Å². The second-order valence-electron chi connectivity index (χ2n) is 9.69. The van der Waals surface area contributed by atoms with Gasteiger partial charge in [0.1, 0.15) is 17.3 Å². The molecule has 0 spiro atoms. The van der Waals surface area contributed by atoms with Crippen molar-refractivity contribution in [1.29, 1.82) is 0 Å². The zero-order valence-electron chi connectivity index (χ0n) is 19.3. The number of nitrogens with zero attached hydrogens (tertiary/aromatic N) is 1. The maximum Gasteiger partial charge on any atom is 0.261 e. The molecule has 3 atom stereocenters. The highest BCUT2D eigenvalue weighted by atomic mass is 32.2. The van der Waals surface area contributed by atoms with Crippen LogP contribution in [0.2, 0.25) is 0 Å². The number of aryl methyl sites for hydroxylation is 1. The van der Waals surface area contributed by atoms with Gasteiger partial charge in [0.2, 0.25) is 0 Å². The van der Waals surface area contributed by atoms with E-state index >= 15 is 0 Å². The first kappa shape index (κ1) is 22.9. The standard InChI is InChI=1S/C25H33NO5S/c1-16(2)21-7-5-17(3)11-24(21)30-14-25(27)26(19-9-10-32(28,29)15-19)13-20-6-8-23(31-20)22-12-18(22)4/h5-8,11,16,18-19,22H,9-10,12-15H2,1-4H3. The predicted octanol–water partition coefficient (Wildman–Crippen LogP) is 4.43. The van der Waals surface area contributed by atoms with E-state index in [0.29, 0.717) is 29.8 Å². The molecule has 4 rings (SSSR count). The maximum absolute atomic E-state index is 13.3. The number of ether oxygens (including phenoxy) is 1. The van der Waals surface area contributed by atoms with Gasteiger partial charge in [0.05, 0.1) is 18.1 Å². The van der Waals surface area contributed by atoms with Gasteiger partial charge in [-0.1, -0.05) is 32.9 Å². The van der Waals surface area contributed by atoms with Crippen LogP contribution in [-0.4, -0.2) is 43.4 Å². The van der Waals surface area contributed by atoms with Gasteiger partial charge in [0, 0.05) is 12.0 Å². The molecule has 2 fully saturated rings. The average Bonchev–Trinajstić information content (AvgIpc) is 3.10. The molecule has 3 unspecified atom stereocenters. The first-order valence-electron chi connectivity index (χ1n) is 11.4. The zero-order chi connectivity index (χ0) is 23.0. The number of hydrogen-bond donors (Lipinski definition) is 0. The quantitative estimate of drug-likeness (QED) is 0.584. The van der Waals surface area contributed by atoms with Gasteiger partial charge in [-0.2, -0.15) is 0 Å². The maximum atomic E-state index is 13.3. The molecule has 1 aromatic carbocycles. The van der Waals surface area contributed by atoms with Crippen molar-refractivity contribution >= 4 is 15.7 Å². The Morgan fingerprint density at radius 1 is 1.25 bits per heavy atom. The Morgan fingerprint density at radius 3 is 2.62 bits per heavy atom. The van der Waals surface area contributed by atoms with E-state index in [1.807, 2.05) is 37.3 Å². The van der Waals surface area contributed by atoms with Crippen molar-refractivity contribution in [2.24, 2.45) is 5.92 Å². The Morgan fingerprint density at radius 2 is 2.00 bits per heavy atom. The smallest absolute Gasteiger partial charge is 0.261 e. The van der Waals surface area contributed by atoms with E-state index in [9.17, 15) is 13.2 Å². The first-order valence-corrected chi connectivity index (χ1v) is 13.3. The minimum absolute atomic E-state index is 0.00630. The molecule has 1 amide bonds. The summed E-state index contributed by atoms with van der Waals surface area (Å²) in [5.41, 5.74) is 2.11. The Hall–Kier alpha value is -2.28. The Bertz CT molecular complexity index is 1090. The second kappa shape index (κ2) is 8.93. The summed E-state index contributed by atoms with van der Waals surface area (Å²) < 4.78 is 36.2. The molecule has 0 bridgehead atoms. The van der Waals surface area contributed by atoms with Gasteiger partial charge in [-0.15, -0.1) is 0 Å². The molecule has 174 valence electrons. The van der Waals surface area contributed by atoms with Crippen molar-refractivity contribution in [3.63, 3.8) is 0 Å². The topological polar surface area (TPSA) is 76.8 Å². The molecule has 2 heterocycles. The number of carbonyl (C=O) groups excluding carboxylic acids is 1. The molecule has 0 N–H and O–H groups in total. The third-order valence-corrected chi connectivity index (χ3v) is 8.35. The minimum atomic E-state index is -3.13. The van der Waals surface area contributed by atoms with E-state index in [2.05, 4.69) is 20.8 Å². The third kappa shape index (κ3) is 5.20. The number of hydrogen-bond acceptors (Lipinski definition) is 5. The fraction of sp³-hybridized carbons (Fsp3) is 0.560. The van der Waals surface area contributed by atoms with Crippen LogP contribution in [0.5, 0.6) is 5.75 Å². The van der Waals surface area contributed by atoms with Gasteiger partial charge >= 0.3 is 0 Å². The van der Waals surface area contributed by atoms with E-state index in [1.54, 1.807) is 4.90 Å². The third-order valence-electron chi connectivity index (χ3n) is 6.60. The van der Waals surface area contributed by atoms with Crippen LogP contribution in [0.25, 0.3) is 0 Å². The van der Waals surface area contributed by atoms with Crippen LogP contribution in [0.3, 0.4) is 0 Å². The molecule has 1 saturated heterocycles. The van der Waals surface area contributed by atoms with Crippen molar-refractivity contribution < 1.29 is 22.4 Å². The molecule has 2 aliphatic rings. The van der Waals surface area contributed by atoms with E-state index in [-0.39, 0.29) is 42.5 Å². The van der Waals surface area contributed by atoms with Crippen LogP contribution in [0.4, 0.5) is 0 Å². The molecule has 1 aromatic heterocycles. The number of sulfone groups is 1. The highest BCUT2D eigenvalue weighted by Gasteiger charge is 2.38. The summed E-state index contributed by atoms with van der Waals surface area (Å²) >= 11 is 0. The van der Waals surface area contributed by atoms with Crippen LogP contribution < -0.4 is 4.74 Å². The predicted molar refractivity (Wildman–Crippen MR) is 124 cm³/mol. The highest BCUT2D eigenvalue weighted by molar-refractivity contribution is 7.91. The van der Waals surface area contributed by atoms with Gasteiger partial charge in [-0.3, -0.25) is 4.79 Å². The van der Waals surface area contributed by atoms with E-state index in [4.69, 9.17) is 9.15 Å². The zero-order valence-corrected chi connectivity index (χ0v) is 20.2. The van der Waals surface area contributed by atoms with Crippen LogP contribution in [-0.2, 0) is 21.2 Å². The summed E-state index contributed by atoms with van der Waals surface area (Å²) in [4.78, 5) is 14.9. The second-order valence-corrected chi connectivity index (χ2v) is 11.9. The average molecular weight is 460 g/mol. The van der Waals surface area contributed by atoms with E-state index in [1.165, 1.54) is 0 Å². The molecule has 6 nitrogen and oxygen atoms in total. The van der Waals surface area contributed by atoms with Crippen LogP contribution in [0.1, 0.15) is 68.1 Å². The largest absolute Gasteiger partial charge is 0.483 e. The molecule has 32 heavy (non-hydrogen) atoms. The number of rotatable bonds is 8. The van der Waals surface area contributed by atoms with Crippen LogP contribution in [0, 0.1) is 12.8 Å². The van der Waals surface area contributed by atoms with Crippen molar-refractivity contribution in [2.75, 3.05) is 18.1 Å². The lowest BCUT2D eigenvalue weighted by molar-refractivity contribution is -0.136. The van der Waals surface area contributed by atoms with Gasteiger partial charge < -0.3 is 14.1 Å². The SMILES string of the molecule is Cc1ccc(C(C)C)c(OCC(=O)N(Cc2ccc(C3CC3C)o2)C2CCS(=O)(=O)C2)c1. The number of benzene rings is 1. The monoisotopic (exact) mass is 459 g/mol. The van der Waals surface area contributed by atoms with Crippen molar-refractivity contribution in [2.45, 2.75) is 65.0 Å². The fourth-order valence-corrected chi connectivity index (χ4v) is 6.20. The van der Waals surface area contributed by atoms with Crippen molar-refractivity contribution in [3.8, 4) is 5.75 Å². The van der Waals surface area contributed by atoms with Crippen LogP contribution in [0.15, 0.2) is 34.7 Å². The van der Waals surface area contributed by atoms with Gasteiger partial charge in [-0.25, -0.2) is 8.42 Å². The molecule has 0 radical (unpaired) electrons.